The van der Waals surface area contributed by atoms with Crippen LogP contribution in [-0.4, -0.2) is 84.0 Å². The Labute approximate surface area is 245 Å². The lowest BCUT2D eigenvalue weighted by Gasteiger charge is -2.30. The molecule has 2 aliphatic heterocycles. The zero-order valence-corrected chi connectivity index (χ0v) is 24.5. The standard InChI is InChI=1S/C30H33N5O6S/c1-40-25-17-23-24(18-26(25)41-2)33-30(37)28(23)29(20-7-5-4-6-8-20)32-21-9-11-22(12-10-21)35(42(3,38)39)19-27(36)34-15-13-31-14-16-34/h4-12,17-18,28,31H,13-16,19H2,1-3H3,(H,33,37). The highest BCUT2D eigenvalue weighted by Gasteiger charge is 2.37. The Morgan fingerprint density at radius 1 is 1.00 bits per heavy atom. The minimum absolute atomic E-state index is 0.241. The molecule has 11 nitrogen and oxygen atoms in total. The molecular weight excluding hydrogens is 558 g/mol. The maximum absolute atomic E-state index is 13.3. The first-order valence-corrected chi connectivity index (χ1v) is 15.3. The molecule has 5 rings (SSSR count). The molecule has 2 amide bonds. The number of rotatable bonds is 9. The van der Waals surface area contributed by atoms with E-state index in [2.05, 4.69) is 10.6 Å². The number of carbonyl (C=O) groups excluding carboxylic acids is 2. The third-order valence-electron chi connectivity index (χ3n) is 7.27. The molecule has 1 fully saturated rings. The Bertz CT molecular complexity index is 1600. The molecule has 0 aliphatic carbocycles. The lowest BCUT2D eigenvalue weighted by molar-refractivity contribution is -0.130. The molecule has 12 heteroatoms. The number of amides is 2. The van der Waals surface area contributed by atoms with E-state index in [1.54, 1.807) is 41.3 Å². The van der Waals surface area contributed by atoms with Crippen LogP contribution in [0, 0.1) is 0 Å². The van der Waals surface area contributed by atoms with Crippen LogP contribution in [0.3, 0.4) is 0 Å². The molecule has 0 aromatic heterocycles. The molecule has 2 aliphatic rings. The second-order valence-electron chi connectivity index (χ2n) is 10.00. The van der Waals surface area contributed by atoms with Gasteiger partial charge in [0.05, 0.1) is 37.6 Å². The van der Waals surface area contributed by atoms with Crippen molar-refractivity contribution in [2.75, 3.05) is 62.8 Å². The monoisotopic (exact) mass is 591 g/mol. The smallest absolute Gasteiger partial charge is 0.243 e. The van der Waals surface area contributed by atoms with Gasteiger partial charge in [-0.1, -0.05) is 30.3 Å². The van der Waals surface area contributed by atoms with Gasteiger partial charge in [0.1, 0.15) is 12.5 Å². The summed E-state index contributed by atoms with van der Waals surface area (Å²) in [6.45, 7) is 2.11. The molecule has 1 atom stereocenters. The maximum atomic E-state index is 13.3. The summed E-state index contributed by atoms with van der Waals surface area (Å²) in [5.74, 6) is -0.240. The van der Waals surface area contributed by atoms with Crippen molar-refractivity contribution in [2.45, 2.75) is 5.92 Å². The summed E-state index contributed by atoms with van der Waals surface area (Å²) < 4.78 is 37.3. The fraction of sp³-hybridized carbons (Fsp3) is 0.300. The predicted octanol–water partition coefficient (Wildman–Crippen LogP) is 2.76. The topological polar surface area (TPSA) is 130 Å². The van der Waals surface area contributed by atoms with Crippen LogP contribution in [0.4, 0.5) is 17.1 Å². The molecule has 0 radical (unpaired) electrons. The Morgan fingerprint density at radius 3 is 2.26 bits per heavy atom. The van der Waals surface area contributed by atoms with Crippen molar-refractivity contribution in [1.82, 2.24) is 10.2 Å². The van der Waals surface area contributed by atoms with Gasteiger partial charge in [0, 0.05) is 37.9 Å². The summed E-state index contributed by atoms with van der Waals surface area (Å²) in [5, 5.41) is 6.11. The minimum atomic E-state index is -3.74. The van der Waals surface area contributed by atoms with E-state index in [4.69, 9.17) is 14.5 Å². The number of anilines is 2. The number of ether oxygens (including phenoxy) is 2. The molecule has 0 saturated carbocycles. The van der Waals surface area contributed by atoms with Gasteiger partial charge < -0.3 is 25.0 Å². The van der Waals surface area contributed by atoms with Crippen LogP contribution in [-0.2, 0) is 19.6 Å². The first kappa shape index (κ1) is 29.1. The van der Waals surface area contributed by atoms with E-state index >= 15 is 0 Å². The fourth-order valence-corrected chi connectivity index (χ4v) is 5.98. The molecule has 3 aromatic carbocycles. The van der Waals surface area contributed by atoms with Gasteiger partial charge in [-0.25, -0.2) is 8.42 Å². The molecule has 0 spiro atoms. The third-order valence-corrected chi connectivity index (χ3v) is 8.41. The number of aliphatic imine (C=N–C) groups is 1. The van der Waals surface area contributed by atoms with Gasteiger partial charge in [0.25, 0.3) is 0 Å². The summed E-state index contributed by atoms with van der Waals surface area (Å²) in [5.41, 5.74) is 3.44. The average Bonchev–Trinajstić information content (AvgIpc) is 3.32. The van der Waals surface area contributed by atoms with Crippen LogP contribution in [0.25, 0.3) is 0 Å². The van der Waals surface area contributed by atoms with Gasteiger partial charge in [-0.3, -0.25) is 18.9 Å². The normalized spacial score (nSPS) is 16.9. The van der Waals surface area contributed by atoms with Crippen LogP contribution in [0.1, 0.15) is 17.0 Å². The van der Waals surface area contributed by atoms with Crippen molar-refractivity contribution < 1.29 is 27.5 Å². The molecule has 0 bridgehead atoms. The number of benzene rings is 3. The Balaban J connectivity index is 1.50. The molecule has 42 heavy (non-hydrogen) atoms. The van der Waals surface area contributed by atoms with E-state index in [0.29, 0.717) is 66.0 Å². The lowest BCUT2D eigenvalue weighted by Crippen LogP contribution is -2.50. The minimum Gasteiger partial charge on any atom is -0.493 e. The van der Waals surface area contributed by atoms with E-state index < -0.39 is 15.9 Å². The van der Waals surface area contributed by atoms with Crippen molar-refractivity contribution in [1.29, 1.82) is 0 Å². The number of nitrogens with one attached hydrogen (secondary N) is 2. The summed E-state index contributed by atoms with van der Waals surface area (Å²) >= 11 is 0. The van der Waals surface area contributed by atoms with Gasteiger partial charge in [-0.2, -0.15) is 0 Å². The number of hydrogen-bond acceptors (Lipinski definition) is 8. The Hall–Kier alpha value is -4.42. The van der Waals surface area contributed by atoms with E-state index in [1.807, 2.05) is 30.3 Å². The average molecular weight is 592 g/mol. The summed E-state index contributed by atoms with van der Waals surface area (Å²) in [6, 6.07) is 19.5. The molecule has 2 heterocycles. The number of methoxy groups -OCH3 is 2. The lowest BCUT2D eigenvalue weighted by atomic mass is 9.90. The largest absolute Gasteiger partial charge is 0.493 e. The first-order chi connectivity index (χ1) is 20.2. The zero-order chi connectivity index (χ0) is 29.9. The van der Waals surface area contributed by atoms with Crippen molar-refractivity contribution in [2.24, 2.45) is 4.99 Å². The van der Waals surface area contributed by atoms with Crippen LogP contribution < -0.4 is 24.4 Å². The van der Waals surface area contributed by atoms with Crippen LogP contribution in [0.15, 0.2) is 71.7 Å². The fourth-order valence-electron chi connectivity index (χ4n) is 5.13. The highest BCUT2D eigenvalue weighted by Crippen LogP contribution is 2.42. The van der Waals surface area contributed by atoms with E-state index in [-0.39, 0.29) is 18.4 Å². The maximum Gasteiger partial charge on any atom is 0.243 e. The molecule has 1 saturated heterocycles. The second kappa shape index (κ2) is 12.2. The summed E-state index contributed by atoms with van der Waals surface area (Å²) in [4.78, 5) is 32.8. The second-order valence-corrected chi connectivity index (χ2v) is 11.9. The van der Waals surface area contributed by atoms with Gasteiger partial charge in [0.2, 0.25) is 21.8 Å². The van der Waals surface area contributed by atoms with Crippen molar-refractivity contribution >= 4 is 44.6 Å². The third kappa shape index (κ3) is 6.09. The van der Waals surface area contributed by atoms with E-state index in [9.17, 15) is 18.0 Å². The summed E-state index contributed by atoms with van der Waals surface area (Å²) in [6.07, 6.45) is 1.08. The highest BCUT2D eigenvalue weighted by molar-refractivity contribution is 7.92. The van der Waals surface area contributed by atoms with E-state index in [1.165, 1.54) is 14.2 Å². The number of piperazine rings is 1. The number of fused-ring (bicyclic) bond motifs is 1. The van der Waals surface area contributed by atoms with E-state index in [0.717, 1.165) is 16.1 Å². The van der Waals surface area contributed by atoms with Gasteiger partial charge in [-0.05, 0) is 41.5 Å². The molecule has 2 N–H and O–H groups in total. The van der Waals surface area contributed by atoms with Crippen molar-refractivity contribution in [3.8, 4) is 11.5 Å². The predicted molar refractivity (Wildman–Crippen MR) is 162 cm³/mol. The van der Waals surface area contributed by atoms with Gasteiger partial charge in [0.15, 0.2) is 11.5 Å². The quantitative estimate of drug-likeness (QED) is 0.366. The van der Waals surface area contributed by atoms with Crippen LogP contribution in [0.5, 0.6) is 11.5 Å². The number of carbonyl (C=O) groups is 2. The number of nitrogens with zero attached hydrogens (tertiary/aromatic N) is 3. The SMILES string of the molecule is COc1cc2c(cc1OC)C(C(=Nc1ccc(N(CC(=O)N3CCNCC3)S(C)(=O)=O)cc1)c1ccccc1)C(=O)N2. The van der Waals surface area contributed by atoms with Crippen molar-refractivity contribution in [3.05, 3.63) is 77.9 Å². The number of sulfonamides is 1. The number of hydrogen-bond donors (Lipinski definition) is 2. The molecule has 220 valence electrons. The van der Waals surface area contributed by atoms with Gasteiger partial charge >= 0.3 is 0 Å². The molecular formula is C30H33N5O6S. The highest BCUT2D eigenvalue weighted by atomic mass is 32.2. The first-order valence-electron chi connectivity index (χ1n) is 13.5. The van der Waals surface area contributed by atoms with Crippen LogP contribution >= 0.6 is 0 Å². The molecule has 1 unspecified atom stereocenters. The van der Waals surface area contributed by atoms with Crippen molar-refractivity contribution in [3.63, 3.8) is 0 Å². The van der Waals surface area contributed by atoms with Gasteiger partial charge in [-0.15, -0.1) is 0 Å². The molecule has 3 aromatic rings. The van der Waals surface area contributed by atoms with Crippen LogP contribution in [0.2, 0.25) is 0 Å². The Kier molecular flexibility index (Phi) is 8.46. The Morgan fingerprint density at radius 2 is 1.64 bits per heavy atom. The zero-order valence-electron chi connectivity index (χ0n) is 23.7. The summed E-state index contributed by atoms with van der Waals surface area (Å²) in [7, 11) is -0.669.